The molecule has 0 fully saturated rings. The maximum Gasteiger partial charge on any atom is 0.175 e. The third kappa shape index (κ3) is 5.14. The molecule has 0 saturated carbocycles. The summed E-state index contributed by atoms with van der Waals surface area (Å²) in [5.74, 6) is 1.74. The maximum absolute atomic E-state index is 6.27. The van der Waals surface area contributed by atoms with Crippen LogP contribution >= 0.6 is 46.5 Å². The standard InChI is InChI=1S/C18H17ClN2OS3/c1-12(15-5-3-4-6-16(15)19)24-18-21-20-17(25-18)23-11-13-7-9-14(22-2)10-8-13/h3-10,12H,11H2,1-2H3. The molecule has 1 heterocycles. The fourth-order valence-corrected chi connectivity index (χ4v) is 5.84. The van der Waals surface area contributed by atoms with Crippen molar-refractivity contribution in [1.29, 1.82) is 0 Å². The first-order chi connectivity index (χ1) is 12.2. The van der Waals surface area contributed by atoms with E-state index in [0.29, 0.717) is 0 Å². The molecule has 0 N–H and O–H groups in total. The van der Waals surface area contributed by atoms with Crippen LogP contribution in [0.5, 0.6) is 5.75 Å². The lowest BCUT2D eigenvalue weighted by Gasteiger charge is -2.10. The van der Waals surface area contributed by atoms with Crippen molar-refractivity contribution in [3.8, 4) is 5.75 Å². The Morgan fingerprint density at radius 2 is 1.80 bits per heavy atom. The molecule has 1 unspecified atom stereocenters. The normalized spacial score (nSPS) is 12.1. The second-order valence-corrected chi connectivity index (χ2v) is 9.45. The van der Waals surface area contributed by atoms with E-state index in [1.54, 1.807) is 42.0 Å². The molecule has 1 aromatic heterocycles. The smallest absolute Gasteiger partial charge is 0.175 e. The van der Waals surface area contributed by atoms with E-state index in [1.165, 1.54) is 5.56 Å². The number of nitrogens with zero attached hydrogens (tertiary/aromatic N) is 2. The summed E-state index contributed by atoms with van der Waals surface area (Å²) in [7, 11) is 1.67. The summed E-state index contributed by atoms with van der Waals surface area (Å²) >= 11 is 11.3. The van der Waals surface area contributed by atoms with Gasteiger partial charge < -0.3 is 4.74 Å². The number of aromatic nitrogens is 2. The predicted molar refractivity (Wildman–Crippen MR) is 108 cm³/mol. The van der Waals surface area contributed by atoms with Crippen LogP contribution in [0.4, 0.5) is 0 Å². The number of benzene rings is 2. The third-order valence-electron chi connectivity index (χ3n) is 3.53. The van der Waals surface area contributed by atoms with Crippen molar-refractivity contribution in [3.05, 3.63) is 64.7 Å². The summed E-state index contributed by atoms with van der Waals surface area (Å²) in [6, 6.07) is 16.0. The van der Waals surface area contributed by atoms with E-state index in [2.05, 4.69) is 35.3 Å². The SMILES string of the molecule is COc1ccc(CSc2nnc(SC(C)c3ccccc3Cl)s2)cc1. The Balaban J connectivity index is 1.57. The molecule has 130 valence electrons. The van der Waals surface area contributed by atoms with Crippen LogP contribution in [0.1, 0.15) is 23.3 Å². The Morgan fingerprint density at radius 1 is 1.08 bits per heavy atom. The molecule has 0 radical (unpaired) electrons. The van der Waals surface area contributed by atoms with Crippen LogP contribution in [0, 0.1) is 0 Å². The Kier molecular flexibility index (Phi) is 6.64. The van der Waals surface area contributed by atoms with Gasteiger partial charge in [-0.05, 0) is 36.2 Å². The van der Waals surface area contributed by atoms with Gasteiger partial charge in [0, 0.05) is 16.0 Å². The monoisotopic (exact) mass is 408 g/mol. The third-order valence-corrected chi connectivity index (χ3v) is 7.23. The zero-order valence-electron chi connectivity index (χ0n) is 13.8. The summed E-state index contributed by atoms with van der Waals surface area (Å²) in [6.07, 6.45) is 0. The molecule has 0 saturated heterocycles. The fraction of sp³-hybridized carbons (Fsp3) is 0.222. The molecule has 0 aliphatic carbocycles. The Bertz CT molecular complexity index is 823. The number of halogens is 1. The zero-order valence-corrected chi connectivity index (χ0v) is 17.0. The van der Waals surface area contributed by atoms with Crippen LogP contribution < -0.4 is 4.74 Å². The van der Waals surface area contributed by atoms with E-state index in [9.17, 15) is 0 Å². The minimum absolute atomic E-state index is 0.237. The molecule has 0 spiro atoms. The molecule has 3 aromatic rings. The Morgan fingerprint density at radius 3 is 2.52 bits per heavy atom. The van der Waals surface area contributed by atoms with Crippen molar-refractivity contribution in [2.45, 2.75) is 26.6 Å². The molecular weight excluding hydrogens is 392 g/mol. The highest BCUT2D eigenvalue weighted by Gasteiger charge is 2.14. The van der Waals surface area contributed by atoms with E-state index in [1.807, 2.05) is 30.3 Å². The van der Waals surface area contributed by atoms with Crippen molar-refractivity contribution < 1.29 is 4.74 Å². The topological polar surface area (TPSA) is 35.0 Å². The number of ether oxygens (including phenoxy) is 1. The van der Waals surface area contributed by atoms with Crippen LogP contribution in [0.3, 0.4) is 0 Å². The second kappa shape index (κ2) is 8.94. The highest BCUT2D eigenvalue weighted by molar-refractivity contribution is 8.03. The highest BCUT2D eigenvalue weighted by Crippen LogP contribution is 2.40. The average molecular weight is 409 g/mol. The number of thioether (sulfide) groups is 2. The Labute approximate surface area is 165 Å². The fourth-order valence-electron chi connectivity index (χ4n) is 2.19. The van der Waals surface area contributed by atoms with Gasteiger partial charge in [0.2, 0.25) is 0 Å². The average Bonchev–Trinajstić information content (AvgIpc) is 3.08. The first-order valence-corrected chi connectivity index (χ1v) is 10.7. The van der Waals surface area contributed by atoms with Gasteiger partial charge in [-0.2, -0.15) is 0 Å². The Hall–Kier alpha value is -1.21. The summed E-state index contributed by atoms with van der Waals surface area (Å²) in [4.78, 5) is 0. The van der Waals surface area contributed by atoms with Crippen molar-refractivity contribution >= 4 is 46.5 Å². The van der Waals surface area contributed by atoms with E-state index in [-0.39, 0.29) is 5.25 Å². The number of rotatable bonds is 7. The molecule has 0 aliphatic rings. The molecule has 0 bridgehead atoms. The summed E-state index contributed by atoms with van der Waals surface area (Å²) in [5, 5.41) is 9.62. The number of hydrogen-bond acceptors (Lipinski definition) is 6. The summed E-state index contributed by atoms with van der Waals surface area (Å²) in [5.41, 5.74) is 2.36. The molecule has 1 atom stereocenters. The highest BCUT2D eigenvalue weighted by atomic mass is 35.5. The van der Waals surface area contributed by atoms with Gasteiger partial charge in [0.05, 0.1) is 7.11 Å². The molecule has 0 aliphatic heterocycles. The van der Waals surface area contributed by atoms with Crippen molar-refractivity contribution in [1.82, 2.24) is 10.2 Å². The van der Waals surface area contributed by atoms with Gasteiger partial charge in [-0.25, -0.2) is 0 Å². The lowest BCUT2D eigenvalue weighted by Crippen LogP contribution is -1.89. The predicted octanol–water partition coefficient (Wildman–Crippen LogP) is 6.35. The maximum atomic E-state index is 6.27. The minimum atomic E-state index is 0.237. The van der Waals surface area contributed by atoms with Gasteiger partial charge in [0.1, 0.15) is 5.75 Å². The van der Waals surface area contributed by atoms with E-state index in [4.69, 9.17) is 16.3 Å². The van der Waals surface area contributed by atoms with Crippen LogP contribution in [-0.4, -0.2) is 17.3 Å². The molecule has 7 heteroatoms. The molecular formula is C18H17ClN2OS3. The van der Waals surface area contributed by atoms with Gasteiger partial charge >= 0.3 is 0 Å². The molecule has 3 nitrogen and oxygen atoms in total. The molecule has 25 heavy (non-hydrogen) atoms. The van der Waals surface area contributed by atoms with Crippen LogP contribution in [-0.2, 0) is 5.75 Å². The lowest BCUT2D eigenvalue weighted by atomic mass is 10.2. The lowest BCUT2D eigenvalue weighted by molar-refractivity contribution is 0.414. The van der Waals surface area contributed by atoms with Crippen molar-refractivity contribution in [2.75, 3.05) is 7.11 Å². The quantitative estimate of drug-likeness (QED) is 0.426. The molecule has 2 aromatic carbocycles. The second-order valence-electron chi connectivity index (χ2n) is 5.25. The van der Waals surface area contributed by atoms with Crippen molar-refractivity contribution in [2.24, 2.45) is 0 Å². The van der Waals surface area contributed by atoms with Crippen LogP contribution in [0.15, 0.2) is 57.2 Å². The largest absolute Gasteiger partial charge is 0.497 e. The van der Waals surface area contributed by atoms with Gasteiger partial charge in [-0.15, -0.1) is 10.2 Å². The van der Waals surface area contributed by atoms with Gasteiger partial charge in [-0.1, -0.05) is 76.8 Å². The summed E-state index contributed by atoms with van der Waals surface area (Å²) in [6.45, 7) is 2.14. The molecule has 0 amide bonds. The van der Waals surface area contributed by atoms with E-state index in [0.717, 1.165) is 30.8 Å². The summed E-state index contributed by atoms with van der Waals surface area (Å²) < 4.78 is 7.12. The van der Waals surface area contributed by atoms with Gasteiger partial charge in [-0.3, -0.25) is 0 Å². The van der Waals surface area contributed by atoms with E-state index < -0.39 is 0 Å². The van der Waals surface area contributed by atoms with Gasteiger partial charge in [0.15, 0.2) is 8.68 Å². The minimum Gasteiger partial charge on any atom is -0.497 e. The number of methoxy groups -OCH3 is 1. The van der Waals surface area contributed by atoms with Crippen molar-refractivity contribution in [3.63, 3.8) is 0 Å². The first-order valence-electron chi connectivity index (χ1n) is 7.66. The first kappa shape index (κ1) is 18.6. The van der Waals surface area contributed by atoms with E-state index >= 15 is 0 Å². The van der Waals surface area contributed by atoms with Crippen LogP contribution in [0.2, 0.25) is 5.02 Å². The van der Waals surface area contributed by atoms with Crippen LogP contribution in [0.25, 0.3) is 0 Å². The zero-order chi connectivity index (χ0) is 17.6. The molecule has 3 rings (SSSR count). The number of hydrogen-bond donors (Lipinski definition) is 0. The van der Waals surface area contributed by atoms with Gasteiger partial charge in [0.25, 0.3) is 0 Å².